The molecule has 25 heavy (non-hydrogen) atoms. The predicted octanol–water partition coefficient (Wildman–Crippen LogP) is 0.458. The number of rotatable bonds is 3. The Morgan fingerprint density at radius 3 is 2.20 bits per heavy atom. The van der Waals surface area contributed by atoms with Gasteiger partial charge in [-0.1, -0.05) is 6.42 Å². The van der Waals surface area contributed by atoms with Crippen LogP contribution in [0.15, 0.2) is 0 Å². The van der Waals surface area contributed by atoms with E-state index in [0.29, 0.717) is 6.04 Å². The number of ether oxygens (including phenoxy) is 1. The molecule has 4 aliphatic rings. The summed E-state index contributed by atoms with van der Waals surface area (Å²) in [6, 6.07) is 0.603. The van der Waals surface area contributed by atoms with Crippen LogP contribution in [0.3, 0.4) is 0 Å². The molecule has 0 amide bonds. The first-order chi connectivity index (χ1) is 12.3. The van der Waals surface area contributed by atoms with E-state index in [0.717, 1.165) is 32.8 Å². The van der Waals surface area contributed by atoms with Gasteiger partial charge in [-0.2, -0.15) is 0 Å². The molecule has 0 aromatic carbocycles. The molecule has 4 saturated heterocycles. The Bertz CT molecular complexity index is 396. The van der Waals surface area contributed by atoms with Gasteiger partial charge in [-0.15, -0.1) is 0 Å². The quantitative estimate of drug-likeness (QED) is 0.796. The Hall–Kier alpha value is -0.240. The van der Waals surface area contributed by atoms with Crippen LogP contribution in [0, 0.1) is 0 Å². The molecule has 2 unspecified atom stereocenters. The number of hydrogen-bond donors (Lipinski definition) is 1. The highest BCUT2D eigenvalue weighted by Gasteiger charge is 2.52. The van der Waals surface area contributed by atoms with Crippen molar-refractivity contribution in [3.05, 3.63) is 0 Å². The van der Waals surface area contributed by atoms with Gasteiger partial charge in [0.2, 0.25) is 0 Å². The van der Waals surface area contributed by atoms with Gasteiger partial charge in [-0.05, 0) is 39.3 Å². The van der Waals surface area contributed by atoms with Crippen molar-refractivity contribution in [1.29, 1.82) is 0 Å². The Morgan fingerprint density at radius 2 is 1.48 bits per heavy atom. The Kier molecular flexibility index (Phi) is 5.94. The fourth-order valence-electron chi connectivity index (χ4n) is 5.44. The number of likely N-dealkylation sites (tertiary alicyclic amines) is 1. The first-order valence-electron chi connectivity index (χ1n) is 10.6. The lowest BCUT2D eigenvalue weighted by molar-refractivity contribution is -0.180. The van der Waals surface area contributed by atoms with Crippen molar-refractivity contribution >= 4 is 0 Å². The molecule has 0 saturated carbocycles. The fourth-order valence-corrected chi connectivity index (χ4v) is 5.44. The van der Waals surface area contributed by atoms with Gasteiger partial charge in [0.25, 0.3) is 0 Å². The highest BCUT2D eigenvalue weighted by molar-refractivity contribution is 5.03. The number of piperidine rings is 2. The summed E-state index contributed by atoms with van der Waals surface area (Å²) < 4.78 is 5.71. The van der Waals surface area contributed by atoms with Gasteiger partial charge in [0.15, 0.2) is 0 Å². The molecule has 4 heterocycles. The molecule has 6 nitrogen and oxygen atoms in total. The van der Waals surface area contributed by atoms with E-state index >= 15 is 0 Å². The van der Waals surface area contributed by atoms with Gasteiger partial charge in [-0.3, -0.25) is 20.0 Å². The monoisotopic (exact) mass is 351 g/mol. The maximum Gasteiger partial charge on any atom is 0.144 e. The molecule has 0 bridgehead atoms. The van der Waals surface area contributed by atoms with Crippen LogP contribution in [-0.2, 0) is 4.74 Å². The lowest BCUT2D eigenvalue weighted by Gasteiger charge is -2.61. The fraction of sp³-hybridized carbons (Fsp3) is 1.00. The van der Waals surface area contributed by atoms with E-state index < -0.39 is 0 Å². The molecule has 4 fully saturated rings. The molecule has 6 heteroatoms. The number of morpholine rings is 1. The van der Waals surface area contributed by atoms with Crippen LogP contribution in [0.2, 0.25) is 0 Å². The van der Waals surface area contributed by atoms with E-state index in [1.807, 2.05) is 0 Å². The van der Waals surface area contributed by atoms with Gasteiger partial charge in [-0.25, -0.2) is 0 Å². The van der Waals surface area contributed by atoms with E-state index in [2.05, 4.69) is 32.0 Å². The molecule has 144 valence electrons. The van der Waals surface area contributed by atoms with Crippen molar-refractivity contribution in [2.45, 2.75) is 43.9 Å². The molecule has 0 aromatic heterocycles. The van der Waals surface area contributed by atoms with Crippen LogP contribution >= 0.6 is 0 Å². The van der Waals surface area contributed by atoms with Crippen molar-refractivity contribution in [1.82, 2.24) is 24.9 Å². The second kappa shape index (κ2) is 8.19. The molecule has 2 atom stereocenters. The van der Waals surface area contributed by atoms with Gasteiger partial charge >= 0.3 is 0 Å². The van der Waals surface area contributed by atoms with E-state index in [1.165, 1.54) is 71.4 Å². The Labute approximate surface area is 153 Å². The first-order valence-corrected chi connectivity index (χ1v) is 10.6. The zero-order chi connectivity index (χ0) is 17.1. The summed E-state index contributed by atoms with van der Waals surface area (Å²) in [5, 5.41) is 4.07. The summed E-state index contributed by atoms with van der Waals surface area (Å²) in [5.74, 6) is 0.0262. The second-order valence-electron chi connectivity index (χ2n) is 8.30. The number of nitrogens with one attached hydrogen (secondary N) is 1. The molecule has 4 aliphatic heterocycles. The SMILES string of the molecule is CN1CCN(C2CCCNC2(N2CCCCC2)N2CCOCC2)CC1. The van der Waals surface area contributed by atoms with Crippen molar-refractivity contribution in [3.63, 3.8) is 0 Å². The van der Waals surface area contributed by atoms with Crippen LogP contribution in [0.25, 0.3) is 0 Å². The largest absolute Gasteiger partial charge is 0.379 e. The van der Waals surface area contributed by atoms with Gasteiger partial charge < -0.3 is 9.64 Å². The van der Waals surface area contributed by atoms with Crippen molar-refractivity contribution < 1.29 is 4.74 Å². The minimum absolute atomic E-state index is 0.0262. The average Bonchev–Trinajstić information content (AvgIpc) is 2.70. The van der Waals surface area contributed by atoms with Gasteiger partial charge in [0.05, 0.1) is 19.3 Å². The highest BCUT2D eigenvalue weighted by Crippen LogP contribution is 2.35. The molecule has 0 aromatic rings. The minimum Gasteiger partial charge on any atom is -0.379 e. The molecule has 0 radical (unpaired) electrons. The summed E-state index contributed by atoms with van der Waals surface area (Å²) in [7, 11) is 2.26. The number of piperazine rings is 1. The third-order valence-corrected chi connectivity index (χ3v) is 6.81. The average molecular weight is 352 g/mol. The van der Waals surface area contributed by atoms with Crippen LogP contribution in [0.1, 0.15) is 32.1 Å². The maximum atomic E-state index is 5.71. The van der Waals surface area contributed by atoms with Crippen molar-refractivity contribution in [3.8, 4) is 0 Å². The summed E-state index contributed by atoms with van der Waals surface area (Å²) in [4.78, 5) is 10.8. The van der Waals surface area contributed by atoms with Crippen LogP contribution in [-0.4, -0.2) is 111 Å². The van der Waals surface area contributed by atoms with E-state index in [-0.39, 0.29) is 5.79 Å². The number of likely N-dealkylation sites (N-methyl/N-ethyl adjacent to an activating group) is 1. The topological polar surface area (TPSA) is 34.2 Å². The number of nitrogens with zero attached hydrogens (tertiary/aromatic N) is 4. The number of hydrogen-bond acceptors (Lipinski definition) is 6. The summed E-state index contributed by atoms with van der Waals surface area (Å²) in [5.41, 5.74) is 0. The van der Waals surface area contributed by atoms with Gasteiger partial charge in [0, 0.05) is 52.4 Å². The van der Waals surface area contributed by atoms with Crippen molar-refractivity contribution in [2.75, 3.05) is 79.2 Å². The molecular weight excluding hydrogens is 314 g/mol. The van der Waals surface area contributed by atoms with Crippen LogP contribution in [0.5, 0.6) is 0 Å². The zero-order valence-electron chi connectivity index (χ0n) is 16.1. The minimum atomic E-state index is 0.0262. The zero-order valence-corrected chi connectivity index (χ0v) is 16.1. The van der Waals surface area contributed by atoms with Crippen molar-refractivity contribution in [2.24, 2.45) is 0 Å². The lowest BCUT2D eigenvalue weighted by atomic mass is 9.91. The second-order valence-corrected chi connectivity index (χ2v) is 8.30. The molecule has 1 N–H and O–H groups in total. The first kappa shape index (κ1) is 18.1. The van der Waals surface area contributed by atoms with E-state index in [9.17, 15) is 0 Å². The third-order valence-electron chi connectivity index (χ3n) is 6.81. The summed E-state index contributed by atoms with van der Waals surface area (Å²) in [6.07, 6.45) is 6.73. The molecular formula is C19H37N5O. The normalized spacial score (nSPS) is 38.0. The summed E-state index contributed by atoms with van der Waals surface area (Å²) in [6.45, 7) is 12.4. The van der Waals surface area contributed by atoms with Crippen LogP contribution in [0.4, 0.5) is 0 Å². The standard InChI is InChI=1S/C19H37N5O/c1-21-10-12-22(13-11-21)18-6-5-7-20-19(18,23-8-3-2-4-9-23)24-14-16-25-17-15-24/h18,20H,2-17H2,1H3. The van der Waals surface area contributed by atoms with E-state index in [1.54, 1.807) is 0 Å². The third kappa shape index (κ3) is 3.62. The van der Waals surface area contributed by atoms with Gasteiger partial charge in [0.1, 0.15) is 5.79 Å². The van der Waals surface area contributed by atoms with E-state index in [4.69, 9.17) is 4.74 Å². The predicted molar refractivity (Wildman–Crippen MR) is 101 cm³/mol. The van der Waals surface area contributed by atoms with Crippen LogP contribution < -0.4 is 5.32 Å². The molecule has 0 aliphatic carbocycles. The Morgan fingerprint density at radius 1 is 0.800 bits per heavy atom. The lowest BCUT2D eigenvalue weighted by Crippen LogP contribution is -2.81. The molecule has 0 spiro atoms. The highest BCUT2D eigenvalue weighted by atomic mass is 16.5. The molecule has 4 rings (SSSR count). The smallest absolute Gasteiger partial charge is 0.144 e. The Balaban J connectivity index is 1.62. The summed E-state index contributed by atoms with van der Waals surface area (Å²) >= 11 is 0. The maximum absolute atomic E-state index is 5.71.